The van der Waals surface area contributed by atoms with E-state index in [4.69, 9.17) is 14.0 Å². The highest BCUT2D eigenvalue weighted by Gasteiger charge is 2.57. The second-order valence-corrected chi connectivity index (χ2v) is 16.3. The van der Waals surface area contributed by atoms with E-state index in [0.717, 1.165) is 42.6 Å². The van der Waals surface area contributed by atoms with Crippen molar-refractivity contribution in [3.8, 4) is 0 Å². The lowest BCUT2D eigenvalue weighted by atomic mass is 9.71. The molecule has 230 valence electrons. The molecule has 4 heterocycles. The zero-order chi connectivity index (χ0) is 30.5. The first-order valence-electron chi connectivity index (χ1n) is 16.0. The Morgan fingerprint density at radius 2 is 1.55 bits per heavy atom. The molecule has 0 N–H and O–H groups in total. The van der Waals surface area contributed by atoms with Gasteiger partial charge < -0.3 is 23.8 Å². The molecule has 2 amide bonds. The number of hydrogen-bond donors (Lipinski definition) is 0. The van der Waals surface area contributed by atoms with Crippen LogP contribution in [-0.2, 0) is 24.3 Å². The van der Waals surface area contributed by atoms with Gasteiger partial charge in [-0.25, -0.2) is 4.79 Å². The lowest BCUT2D eigenvalue weighted by Gasteiger charge is -2.46. The van der Waals surface area contributed by atoms with Gasteiger partial charge >= 0.3 is 13.2 Å². The number of hydrogen-bond acceptors (Lipinski definition) is 6. The van der Waals surface area contributed by atoms with E-state index in [-0.39, 0.29) is 18.0 Å². The number of nitrogens with zero attached hydrogens (tertiary/aromatic N) is 3. The first kappa shape index (κ1) is 30.0. The van der Waals surface area contributed by atoms with Gasteiger partial charge in [0.15, 0.2) is 0 Å². The summed E-state index contributed by atoms with van der Waals surface area (Å²) in [7, 11) is -0.483. The third-order valence-electron chi connectivity index (χ3n) is 10.9. The smallest absolute Gasteiger partial charge is 0.444 e. The highest BCUT2D eigenvalue weighted by Crippen LogP contribution is 2.51. The predicted molar refractivity (Wildman–Crippen MR) is 165 cm³/mol. The number of fused-ring (bicyclic) bond motifs is 2. The number of carbonyl (C=O) groups excluding carboxylic acids is 2. The Bertz CT molecular complexity index is 1240. The van der Waals surface area contributed by atoms with Crippen molar-refractivity contribution in [2.24, 2.45) is 5.41 Å². The van der Waals surface area contributed by atoms with Gasteiger partial charge in [0.25, 0.3) is 0 Å². The van der Waals surface area contributed by atoms with Gasteiger partial charge in [-0.3, -0.25) is 9.69 Å². The van der Waals surface area contributed by atoms with E-state index in [9.17, 15) is 9.59 Å². The number of rotatable bonds is 3. The first-order chi connectivity index (χ1) is 19.4. The van der Waals surface area contributed by atoms with E-state index in [1.54, 1.807) is 4.90 Å². The van der Waals surface area contributed by atoms with Crippen molar-refractivity contribution in [2.75, 3.05) is 31.1 Å². The molecule has 3 saturated heterocycles. The van der Waals surface area contributed by atoms with Crippen molar-refractivity contribution in [3.63, 3.8) is 0 Å². The maximum atomic E-state index is 14.6. The Morgan fingerprint density at radius 1 is 0.929 bits per heavy atom. The summed E-state index contributed by atoms with van der Waals surface area (Å²) < 4.78 is 18.5. The highest BCUT2D eigenvalue weighted by atomic mass is 16.7. The van der Waals surface area contributed by atoms with Gasteiger partial charge in [-0.05, 0) is 110 Å². The van der Waals surface area contributed by atoms with E-state index >= 15 is 0 Å². The fourth-order valence-electron chi connectivity index (χ4n) is 7.51. The summed E-state index contributed by atoms with van der Waals surface area (Å²) in [6.45, 7) is 21.9. The lowest BCUT2D eigenvalue weighted by Crippen LogP contribution is -2.58. The SMILES string of the molecule is CC1(C)CCN([C@H]2C[C@@H](N3C(=O)C4(CCN(C(=O)OC(C)(C)C)CC4)c4ccc(B5OC(C)(C)C(C)(C)O5)cc43)C2)C1. The average molecular weight is 580 g/mol. The van der Waals surface area contributed by atoms with Crippen molar-refractivity contribution in [1.82, 2.24) is 9.80 Å². The Balaban J connectivity index is 1.27. The minimum Gasteiger partial charge on any atom is -0.444 e. The first-order valence-corrected chi connectivity index (χ1v) is 16.0. The fraction of sp³-hybridized carbons (Fsp3) is 0.758. The molecule has 6 rings (SSSR count). The van der Waals surface area contributed by atoms with Crippen LogP contribution in [0.15, 0.2) is 18.2 Å². The third kappa shape index (κ3) is 4.97. The van der Waals surface area contributed by atoms with Crippen LogP contribution < -0.4 is 10.4 Å². The van der Waals surface area contributed by atoms with Crippen molar-refractivity contribution < 1.29 is 23.6 Å². The molecule has 9 heteroatoms. The quantitative estimate of drug-likeness (QED) is 0.477. The summed E-state index contributed by atoms with van der Waals surface area (Å²) in [4.78, 5) is 33.9. The van der Waals surface area contributed by atoms with E-state index in [0.29, 0.717) is 37.4 Å². The molecule has 5 aliphatic rings. The number of carbonyl (C=O) groups is 2. The summed E-state index contributed by atoms with van der Waals surface area (Å²) in [5, 5.41) is 0. The molecular weight excluding hydrogens is 529 g/mol. The number of ether oxygens (including phenoxy) is 1. The van der Waals surface area contributed by atoms with Gasteiger partial charge in [-0.1, -0.05) is 26.0 Å². The van der Waals surface area contributed by atoms with Crippen LogP contribution >= 0.6 is 0 Å². The minimum atomic E-state index is -0.622. The normalized spacial score (nSPS) is 29.6. The van der Waals surface area contributed by atoms with E-state index in [1.165, 1.54) is 6.42 Å². The van der Waals surface area contributed by atoms with Crippen LogP contribution in [0.5, 0.6) is 0 Å². The molecule has 0 unspecified atom stereocenters. The average Bonchev–Trinajstić information content (AvgIpc) is 3.40. The largest absolute Gasteiger partial charge is 0.494 e. The van der Waals surface area contributed by atoms with Crippen LogP contribution in [-0.4, -0.2) is 84.0 Å². The molecule has 0 bridgehead atoms. The molecule has 1 aromatic carbocycles. The zero-order valence-corrected chi connectivity index (χ0v) is 27.2. The lowest BCUT2D eigenvalue weighted by molar-refractivity contribution is -0.126. The second kappa shape index (κ2) is 9.70. The van der Waals surface area contributed by atoms with E-state index < -0.39 is 29.3 Å². The van der Waals surface area contributed by atoms with Gasteiger partial charge in [0, 0.05) is 37.4 Å². The van der Waals surface area contributed by atoms with Gasteiger partial charge in [-0.2, -0.15) is 0 Å². The number of piperidine rings is 1. The van der Waals surface area contributed by atoms with Crippen LogP contribution in [0, 0.1) is 5.41 Å². The number of amides is 2. The Hall–Kier alpha value is -2.10. The molecule has 42 heavy (non-hydrogen) atoms. The number of benzene rings is 1. The summed E-state index contributed by atoms with van der Waals surface area (Å²) in [5.74, 6) is 0.192. The van der Waals surface area contributed by atoms with Crippen molar-refractivity contribution in [2.45, 2.75) is 129 Å². The standard InChI is InChI=1S/C33H50BN3O5/c1-29(2,3)40-28(39)35-16-13-33(14-17-35)25-11-10-22(34-41-31(6,7)32(8,9)42-34)18-26(25)37(27(33)38)24-19-23(20-24)36-15-12-30(4,5)21-36/h10-11,18,23-24H,12-17,19-21H2,1-9H3/t23-,24+. The molecule has 4 fully saturated rings. The number of anilines is 1. The minimum absolute atomic E-state index is 0.182. The second-order valence-electron chi connectivity index (χ2n) is 16.3. The Labute approximate surface area is 252 Å². The van der Waals surface area contributed by atoms with Crippen LogP contribution in [0.4, 0.5) is 10.5 Å². The molecule has 0 radical (unpaired) electrons. The maximum absolute atomic E-state index is 14.6. The van der Waals surface area contributed by atoms with Gasteiger partial charge in [0.2, 0.25) is 5.91 Å². The Kier molecular flexibility index (Phi) is 6.92. The van der Waals surface area contributed by atoms with Gasteiger partial charge in [-0.15, -0.1) is 0 Å². The zero-order valence-electron chi connectivity index (χ0n) is 27.2. The monoisotopic (exact) mass is 579 g/mol. The molecule has 4 aliphatic heterocycles. The third-order valence-corrected chi connectivity index (χ3v) is 10.9. The van der Waals surface area contributed by atoms with Gasteiger partial charge in [0.1, 0.15) is 5.60 Å². The van der Waals surface area contributed by atoms with Crippen molar-refractivity contribution in [1.29, 1.82) is 0 Å². The topological polar surface area (TPSA) is 71.6 Å². The van der Waals surface area contributed by atoms with E-state index in [1.807, 2.05) is 20.8 Å². The summed E-state index contributed by atoms with van der Waals surface area (Å²) >= 11 is 0. The highest BCUT2D eigenvalue weighted by molar-refractivity contribution is 6.62. The summed E-state index contributed by atoms with van der Waals surface area (Å²) in [6, 6.07) is 7.08. The molecule has 1 saturated carbocycles. The molecule has 1 aliphatic carbocycles. The van der Waals surface area contributed by atoms with Crippen LogP contribution in [0.1, 0.15) is 100.0 Å². The van der Waals surface area contributed by atoms with Crippen LogP contribution in [0.25, 0.3) is 0 Å². The molecule has 1 aromatic rings. The summed E-state index contributed by atoms with van der Waals surface area (Å²) in [5.41, 5.74) is 1.36. The van der Waals surface area contributed by atoms with Gasteiger partial charge in [0.05, 0.1) is 16.6 Å². The molecule has 1 spiro atoms. The van der Waals surface area contributed by atoms with Crippen LogP contribution in [0.3, 0.4) is 0 Å². The van der Waals surface area contributed by atoms with Crippen molar-refractivity contribution >= 4 is 30.3 Å². The number of likely N-dealkylation sites (tertiary alicyclic amines) is 2. The molecular formula is C33H50BN3O5. The molecule has 0 aromatic heterocycles. The maximum Gasteiger partial charge on any atom is 0.494 e. The van der Waals surface area contributed by atoms with Crippen LogP contribution in [0.2, 0.25) is 0 Å². The predicted octanol–water partition coefficient (Wildman–Crippen LogP) is 4.86. The molecule has 0 atom stereocenters. The summed E-state index contributed by atoms with van der Waals surface area (Å²) in [6.07, 6.45) is 4.13. The Morgan fingerprint density at radius 3 is 2.10 bits per heavy atom. The van der Waals surface area contributed by atoms with E-state index in [2.05, 4.69) is 69.5 Å². The fourth-order valence-corrected chi connectivity index (χ4v) is 7.51. The van der Waals surface area contributed by atoms with Crippen molar-refractivity contribution in [3.05, 3.63) is 23.8 Å². The molecule has 8 nitrogen and oxygen atoms in total.